The SMILES string of the molecule is O=C(C[C@H](C[N+](=O)[O-])c1ccccc1Cl)c1ccccc1. The highest BCUT2D eigenvalue weighted by Crippen LogP contribution is 2.28. The second-order valence-electron chi connectivity index (χ2n) is 4.73. The number of nitrogens with zero attached hydrogens (tertiary/aromatic N) is 1. The van der Waals surface area contributed by atoms with E-state index in [0.29, 0.717) is 16.1 Å². The Kier molecular flexibility index (Phi) is 5.06. The molecule has 0 bridgehead atoms. The average molecular weight is 304 g/mol. The van der Waals surface area contributed by atoms with E-state index in [1.54, 1.807) is 48.5 Å². The summed E-state index contributed by atoms with van der Waals surface area (Å²) in [6, 6.07) is 15.7. The van der Waals surface area contributed by atoms with E-state index >= 15 is 0 Å². The van der Waals surface area contributed by atoms with Gasteiger partial charge in [-0.15, -0.1) is 0 Å². The number of carbonyl (C=O) groups is 1. The van der Waals surface area contributed by atoms with E-state index in [4.69, 9.17) is 11.6 Å². The molecule has 2 aromatic rings. The van der Waals surface area contributed by atoms with Crippen LogP contribution in [0.3, 0.4) is 0 Å². The maximum absolute atomic E-state index is 12.3. The highest BCUT2D eigenvalue weighted by atomic mass is 35.5. The van der Waals surface area contributed by atoms with Gasteiger partial charge in [0.2, 0.25) is 6.54 Å². The van der Waals surface area contributed by atoms with Crippen molar-refractivity contribution in [2.24, 2.45) is 0 Å². The summed E-state index contributed by atoms with van der Waals surface area (Å²) in [5.41, 5.74) is 1.19. The van der Waals surface area contributed by atoms with Crippen LogP contribution >= 0.6 is 11.6 Å². The third-order valence-electron chi connectivity index (χ3n) is 3.24. The summed E-state index contributed by atoms with van der Waals surface area (Å²) in [7, 11) is 0. The molecule has 108 valence electrons. The van der Waals surface area contributed by atoms with Gasteiger partial charge in [0.1, 0.15) is 0 Å². The zero-order chi connectivity index (χ0) is 15.2. The molecule has 4 nitrogen and oxygen atoms in total. The molecule has 0 N–H and O–H groups in total. The van der Waals surface area contributed by atoms with Crippen LogP contribution in [0.25, 0.3) is 0 Å². The molecule has 0 saturated heterocycles. The van der Waals surface area contributed by atoms with Gasteiger partial charge in [-0.25, -0.2) is 0 Å². The molecular formula is C16H14ClNO3. The summed E-state index contributed by atoms with van der Waals surface area (Å²) in [4.78, 5) is 22.7. The molecule has 0 aliphatic heterocycles. The molecule has 0 unspecified atom stereocenters. The van der Waals surface area contributed by atoms with Crippen LogP contribution in [-0.2, 0) is 0 Å². The molecule has 0 saturated carbocycles. The van der Waals surface area contributed by atoms with Crippen LogP contribution in [0.1, 0.15) is 28.3 Å². The van der Waals surface area contributed by atoms with Crippen LogP contribution in [0.15, 0.2) is 54.6 Å². The second-order valence-corrected chi connectivity index (χ2v) is 5.13. The van der Waals surface area contributed by atoms with Crippen molar-refractivity contribution < 1.29 is 9.72 Å². The summed E-state index contributed by atoms with van der Waals surface area (Å²) in [6.45, 7) is -0.317. The molecule has 0 spiro atoms. The van der Waals surface area contributed by atoms with Crippen LogP contribution < -0.4 is 0 Å². The maximum atomic E-state index is 12.3. The fourth-order valence-electron chi connectivity index (χ4n) is 2.22. The minimum Gasteiger partial charge on any atom is -0.294 e. The van der Waals surface area contributed by atoms with Crippen molar-refractivity contribution in [3.05, 3.63) is 80.9 Å². The highest BCUT2D eigenvalue weighted by molar-refractivity contribution is 6.31. The molecule has 0 heterocycles. The minimum atomic E-state index is -0.526. The molecule has 0 aromatic heterocycles. The molecule has 0 aliphatic rings. The Morgan fingerprint density at radius 2 is 1.71 bits per heavy atom. The molecule has 21 heavy (non-hydrogen) atoms. The molecule has 1 atom stereocenters. The van der Waals surface area contributed by atoms with Gasteiger partial charge >= 0.3 is 0 Å². The van der Waals surface area contributed by atoms with Crippen molar-refractivity contribution in [1.29, 1.82) is 0 Å². The number of nitro groups is 1. The highest BCUT2D eigenvalue weighted by Gasteiger charge is 2.23. The first-order chi connectivity index (χ1) is 10.1. The Balaban J connectivity index is 2.23. The van der Waals surface area contributed by atoms with Crippen molar-refractivity contribution in [3.63, 3.8) is 0 Å². The van der Waals surface area contributed by atoms with Crippen molar-refractivity contribution >= 4 is 17.4 Å². The molecule has 5 heteroatoms. The third kappa shape index (κ3) is 4.13. The standard InChI is InChI=1S/C16H14ClNO3/c17-15-9-5-4-8-14(15)13(11-18(20)21)10-16(19)12-6-2-1-3-7-12/h1-9,13H,10-11H2/t13-/m1/s1. The zero-order valence-corrected chi connectivity index (χ0v) is 12.0. The lowest BCUT2D eigenvalue weighted by atomic mass is 9.91. The largest absolute Gasteiger partial charge is 0.294 e. The number of ketones is 1. The Bertz CT molecular complexity index is 643. The Morgan fingerprint density at radius 1 is 1.10 bits per heavy atom. The zero-order valence-electron chi connectivity index (χ0n) is 11.2. The Labute approximate surface area is 127 Å². The quantitative estimate of drug-likeness (QED) is 0.461. The van der Waals surface area contributed by atoms with E-state index in [9.17, 15) is 14.9 Å². The normalized spacial score (nSPS) is 11.9. The average Bonchev–Trinajstić information content (AvgIpc) is 2.47. The van der Waals surface area contributed by atoms with Crippen LogP contribution in [0.2, 0.25) is 5.02 Å². The first-order valence-corrected chi connectivity index (χ1v) is 6.90. The lowest BCUT2D eigenvalue weighted by Crippen LogP contribution is -2.17. The van der Waals surface area contributed by atoms with Crippen LogP contribution in [0.4, 0.5) is 0 Å². The van der Waals surface area contributed by atoms with E-state index in [1.807, 2.05) is 6.07 Å². The Morgan fingerprint density at radius 3 is 2.33 bits per heavy atom. The Hall–Kier alpha value is -2.20. The lowest BCUT2D eigenvalue weighted by Gasteiger charge is -2.14. The minimum absolute atomic E-state index is 0.0642. The first-order valence-electron chi connectivity index (χ1n) is 6.52. The van der Waals surface area contributed by atoms with Gasteiger partial charge in [0.05, 0.1) is 5.92 Å². The number of rotatable bonds is 6. The summed E-state index contributed by atoms with van der Waals surface area (Å²) < 4.78 is 0. The molecule has 2 aromatic carbocycles. The van der Waals surface area contributed by atoms with E-state index in [-0.39, 0.29) is 18.7 Å². The van der Waals surface area contributed by atoms with Gasteiger partial charge in [-0.1, -0.05) is 60.1 Å². The second kappa shape index (κ2) is 6.99. The predicted molar refractivity (Wildman–Crippen MR) is 81.4 cm³/mol. The molecule has 0 aliphatic carbocycles. The summed E-state index contributed by atoms with van der Waals surface area (Å²) in [6.07, 6.45) is 0.0642. The van der Waals surface area contributed by atoms with E-state index in [2.05, 4.69) is 0 Å². The number of hydrogen-bond acceptors (Lipinski definition) is 3. The molecule has 0 fully saturated rings. The monoisotopic (exact) mass is 303 g/mol. The fourth-order valence-corrected chi connectivity index (χ4v) is 2.51. The summed E-state index contributed by atoms with van der Waals surface area (Å²) in [5, 5.41) is 11.3. The topological polar surface area (TPSA) is 60.2 Å². The number of halogens is 1. The van der Waals surface area contributed by atoms with Crippen LogP contribution in [-0.4, -0.2) is 17.3 Å². The third-order valence-corrected chi connectivity index (χ3v) is 3.59. The van der Waals surface area contributed by atoms with Gasteiger partial charge in [-0.05, 0) is 11.6 Å². The van der Waals surface area contributed by atoms with E-state index in [0.717, 1.165) is 0 Å². The van der Waals surface area contributed by atoms with E-state index < -0.39 is 10.8 Å². The van der Waals surface area contributed by atoms with Gasteiger partial charge in [0.15, 0.2) is 5.78 Å². The molecule has 0 amide bonds. The van der Waals surface area contributed by atoms with Crippen LogP contribution in [0, 0.1) is 10.1 Å². The van der Waals surface area contributed by atoms with Gasteiger partial charge in [-0.2, -0.15) is 0 Å². The van der Waals surface area contributed by atoms with Gasteiger partial charge in [0, 0.05) is 21.9 Å². The maximum Gasteiger partial charge on any atom is 0.211 e. The lowest BCUT2D eigenvalue weighted by molar-refractivity contribution is -0.483. The smallest absolute Gasteiger partial charge is 0.211 e. The summed E-state index contributed by atoms with van der Waals surface area (Å²) in [5.74, 6) is -0.649. The first kappa shape index (κ1) is 15.2. The van der Waals surface area contributed by atoms with Crippen molar-refractivity contribution in [1.82, 2.24) is 0 Å². The van der Waals surface area contributed by atoms with Crippen molar-refractivity contribution in [2.75, 3.05) is 6.54 Å². The number of hydrogen-bond donors (Lipinski definition) is 0. The number of carbonyl (C=O) groups excluding carboxylic acids is 1. The number of benzene rings is 2. The van der Waals surface area contributed by atoms with Gasteiger partial charge in [0.25, 0.3) is 0 Å². The summed E-state index contributed by atoms with van der Waals surface area (Å²) >= 11 is 6.10. The molecule has 2 rings (SSSR count). The molecular weight excluding hydrogens is 290 g/mol. The van der Waals surface area contributed by atoms with Crippen LogP contribution in [0.5, 0.6) is 0 Å². The fraction of sp³-hybridized carbons (Fsp3) is 0.188. The van der Waals surface area contributed by atoms with Gasteiger partial charge < -0.3 is 0 Å². The van der Waals surface area contributed by atoms with E-state index in [1.165, 1.54) is 0 Å². The predicted octanol–water partition coefficient (Wildman–Crippen LogP) is 3.97. The van der Waals surface area contributed by atoms with Gasteiger partial charge in [-0.3, -0.25) is 14.9 Å². The molecule has 0 radical (unpaired) electrons. The van der Waals surface area contributed by atoms with Crippen molar-refractivity contribution in [3.8, 4) is 0 Å². The van der Waals surface area contributed by atoms with Crippen molar-refractivity contribution in [2.45, 2.75) is 12.3 Å². The number of Topliss-reactive ketones (excluding diaryl/α,β-unsaturated/α-hetero) is 1.